The standard InChI is InChI=1S/C18H21F3N4O3/c1-17(2,3)28-15(26)13-5-4-6-14-23-24(16(27)25(13)14)10-11-7-12(9-22-8-11)18(19,20)21/h7-9,13H,4-6,10H2,1-3H3/t13-/m0/s1. The van der Waals surface area contributed by atoms with E-state index in [1.165, 1.54) is 10.8 Å². The smallest absolute Gasteiger partial charge is 0.417 e. The van der Waals surface area contributed by atoms with Gasteiger partial charge in [0, 0.05) is 18.8 Å². The van der Waals surface area contributed by atoms with Crippen molar-refractivity contribution in [3.63, 3.8) is 0 Å². The third-order valence-corrected chi connectivity index (χ3v) is 4.26. The molecule has 0 saturated heterocycles. The van der Waals surface area contributed by atoms with Crippen LogP contribution in [0.4, 0.5) is 13.2 Å². The van der Waals surface area contributed by atoms with E-state index < -0.39 is 35.0 Å². The molecule has 0 fully saturated rings. The molecule has 1 aliphatic rings. The molecule has 152 valence electrons. The van der Waals surface area contributed by atoms with Crippen LogP contribution < -0.4 is 5.69 Å². The fourth-order valence-electron chi connectivity index (χ4n) is 3.13. The van der Waals surface area contributed by atoms with Crippen LogP contribution in [0.2, 0.25) is 0 Å². The Balaban J connectivity index is 1.91. The Kier molecular flexibility index (Phi) is 5.07. The molecule has 0 saturated carbocycles. The van der Waals surface area contributed by atoms with Gasteiger partial charge in [0.05, 0.1) is 12.1 Å². The summed E-state index contributed by atoms with van der Waals surface area (Å²) in [6.45, 7) is 5.04. The third-order valence-electron chi connectivity index (χ3n) is 4.26. The van der Waals surface area contributed by atoms with Crippen LogP contribution in [0.15, 0.2) is 23.3 Å². The molecule has 0 bridgehead atoms. The van der Waals surface area contributed by atoms with Gasteiger partial charge in [0.25, 0.3) is 0 Å². The molecule has 7 nitrogen and oxygen atoms in total. The van der Waals surface area contributed by atoms with Gasteiger partial charge < -0.3 is 4.74 Å². The minimum atomic E-state index is -4.52. The molecule has 28 heavy (non-hydrogen) atoms. The van der Waals surface area contributed by atoms with Crippen LogP contribution in [0.25, 0.3) is 0 Å². The van der Waals surface area contributed by atoms with Crippen molar-refractivity contribution < 1.29 is 22.7 Å². The van der Waals surface area contributed by atoms with Gasteiger partial charge in [0.2, 0.25) is 0 Å². The highest BCUT2D eigenvalue weighted by Crippen LogP contribution is 2.29. The molecule has 2 aromatic rings. The Labute approximate surface area is 159 Å². The summed E-state index contributed by atoms with van der Waals surface area (Å²) in [4.78, 5) is 28.9. The van der Waals surface area contributed by atoms with Gasteiger partial charge in [0.15, 0.2) is 0 Å². The molecular formula is C18H21F3N4O3. The number of fused-ring (bicyclic) bond motifs is 1. The number of ether oxygens (including phenoxy) is 1. The number of pyridine rings is 1. The Morgan fingerprint density at radius 2 is 2.00 bits per heavy atom. The molecule has 0 aromatic carbocycles. The predicted octanol–water partition coefficient (Wildman–Crippen LogP) is 2.73. The first kappa shape index (κ1) is 20.1. The van der Waals surface area contributed by atoms with E-state index in [4.69, 9.17) is 4.74 Å². The van der Waals surface area contributed by atoms with E-state index in [-0.39, 0.29) is 12.1 Å². The molecule has 0 radical (unpaired) electrons. The number of hydrogen-bond acceptors (Lipinski definition) is 5. The molecular weight excluding hydrogens is 377 g/mol. The summed E-state index contributed by atoms with van der Waals surface area (Å²) in [6, 6.07) is 0.146. The molecule has 10 heteroatoms. The number of alkyl halides is 3. The quantitative estimate of drug-likeness (QED) is 0.743. The lowest BCUT2D eigenvalue weighted by atomic mass is 10.0. The maximum atomic E-state index is 12.9. The van der Waals surface area contributed by atoms with Gasteiger partial charge in [0.1, 0.15) is 17.5 Å². The van der Waals surface area contributed by atoms with Crippen LogP contribution in [0, 0.1) is 0 Å². The van der Waals surface area contributed by atoms with Crippen molar-refractivity contribution in [3.8, 4) is 0 Å². The summed E-state index contributed by atoms with van der Waals surface area (Å²) in [5.41, 5.74) is -1.95. The van der Waals surface area contributed by atoms with Crippen molar-refractivity contribution in [1.29, 1.82) is 0 Å². The highest BCUT2D eigenvalue weighted by atomic mass is 19.4. The zero-order valence-corrected chi connectivity index (χ0v) is 15.8. The van der Waals surface area contributed by atoms with Gasteiger partial charge in [-0.15, -0.1) is 0 Å². The van der Waals surface area contributed by atoms with Gasteiger partial charge in [-0.25, -0.2) is 14.3 Å². The molecule has 2 aromatic heterocycles. The molecule has 0 N–H and O–H groups in total. The van der Waals surface area contributed by atoms with Crippen molar-refractivity contribution >= 4 is 5.97 Å². The van der Waals surface area contributed by atoms with E-state index >= 15 is 0 Å². The first-order chi connectivity index (χ1) is 13.0. The SMILES string of the molecule is CC(C)(C)OC(=O)[C@@H]1CCCc2nn(Cc3cncc(C(F)(F)F)c3)c(=O)n21. The van der Waals surface area contributed by atoms with E-state index in [2.05, 4.69) is 10.1 Å². The second kappa shape index (κ2) is 7.06. The van der Waals surface area contributed by atoms with Crippen molar-refractivity contribution in [1.82, 2.24) is 19.3 Å². The van der Waals surface area contributed by atoms with Gasteiger partial charge >= 0.3 is 17.8 Å². The Hall–Kier alpha value is -2.65. The molecule has 1 aliphatic heterocycles. The van der Waals surface area contributed by atoms with Gasteiger partial charge in [-0.2, -0.15) is 18.3 Å². The predicted molar refractivity (Wildman–Crippen MR) is 92.6 cm³/mol. The topological polar surface area (TPSA) is 79.0 Å². The number of halogens is 3. The van der Waals surface area contributed by atoms with E-state index in [1.54, 1.807) is 20.8 Å². The van der Waals surface area contributed by atoms with Gasteiger partial charge in [-0.3, -0.25) is 9.55 Å². The average molecular weight is 398 g/mol. The molecule has 3 heterocycles. The van der Waals surface area contributed by atoms with Crippen molar-refractivity contribution in [2.24, 2.45) is 0 Å². The lowest BCUT2D eigenvalue weighted by Crippen LogP contribution is -2.38. The minimum Gasteiger partial charge on any atom is -0.458 e. The fourth-order valence-corrected chi connectivity index (χ4v) is 3.13. The maximum absolute atomic E-state index is 12.9. The van der Waals surface area contributed by atoms with Crippen LogP contribution in [0.1, 0.15) is 56.6 Å². The molecule has 0 unspecified atom stereocenters. The van der Waals surface area contributed by atoms with Crippen LogP contribution in [0.3, 0.4) is 0 Å². The molecule has 0 amide bonds. The Morgan fingerprint density at radius 1 is 1.29 bits per heavy atom. The lowest BCUT2D eigenvalue weighted by molar-refractivity contribution is -0.159. The summed E-state index contributed by atoms with van der Waals surface area (Å²) in [6.07, 6.45) is -0.940. The van der Waals surface area contributed by atoms with Gasteiger partial charge in [-0.05, 0) is 45.2 Å². The monoisotopic (exact) mass is 398 g/mol. The van der Waals surface area contributed by atoms with E-state index in [0.717, 1.165) is 16.9 Å². The number of hydrogen-bond donors (Lipinski definition) is 0. The van der Waals surface area contributed by atoms with Crippen LogP contribution in [-0.2, 0) is 28.7 Å². The minimum absolute atomic E-state index is 0.170. The maximum Gasteiger partial charge on any atom is 0.417 e. The summed E-state index contributed by atoms with van der Waals surface area (Å²) in [7, 11) is 0. The number of aromatic nitrogens is 4. The summed E-state index contributed by atoms with van der Waals surface area (Å²) >= 11 is 0. The normalized spacial score (nSPS) is 17.3. The van der Waals surface area contributed by atoms with Crippen molar-refractivity contribution in [2.75, 3.05) is 0 Å². The van der Waals surface area contributed by atoms with Crippen molar-refractivity contribution in [3.05, 3.63) is 45.9 Å². The van der Waals surface area contributed by atoms with E-state index in [9.17, 15) is 22.8 Å². The van der Waals surface area contributed by atoms with E-state index in [1.807, 2.05) is 0 Å². The molecule has 0 spiro atoms. The first-order valence-corrected chi connectivity index (χ1v) is 8.88. The van der Waals surface area contributed by atoms with Gasteiger partial charge in [-0.1, -0.05) is 0 Å². The Bertz CT molecular complexity index is 941. The van der Waals surface area contributed by atoms with Crippen LogP contribution >= 0.6 is 0 Å². The number of esters is 1. The number of aryl methyl sites for hydroxylation is 1. The molecule has 0 aliphatic carbocycles. The number of rotatable bonds is 3. The second-order valence-electron chi connectivity index (χ2n) is 7.75. The second-order valence-corrected chi connectivity index (χ2v) is 7.75. The molecule has 1 atom stereocenters. The largest absolute Gasteiger partial charge is 0.458 e. The number of carbonyl (C=O) groups is 1. The lowest BCUT2D eigenvalue weighted by Gasteiger charge is -2.26. The first-order valence-electron chi connectivity index (χ1n) is 8.88. The highest BCUT2D eigenvalue weighted by molar-refractivity contribution is 5.74. The van der Waals surface area contributed by atoms with Crippen LogP contribution in [0.5, 0.6) is 0 Å². The average Bonchev–Trinajstić information content (AvgIpc) is 2.89. The number of nitrogens with zero attached hydrogens (tertiary/aromatic N) is 4. The summed E-state index contributed by atoms with van der Waals surface area (Å²) in [5, 5.41) is 4.22. The fraction of sp³-hybridized carbons (Fsp3) is 0.556. The van der Waals surface area contributed by atoms with E-state index in [0.29, 0.717) is 25.1 Å². The third kappa shape index (κ3) is 4.26. The Morgan fingerprint density at radius 3 is 2.64 bits per heavy atom. The highest BCUT2D eigenvalue weighted by Gasteiger charge is 2.34. The zero-order valence-electron chi connectivity index (χ0n) is 15.8. The summed E-state index contributed by atoms with van der Waals surface area (Å²) < 4.78 is 46.4. The molecule has 3 rings (SSSR count). The summed E-state index contributed by atoms with van der Waals surface area (Å²) in [5.74, 6) is -0.0946. The number of carbonyl (C=O) groups excluding carboxylic acids is 1. The zero-order chi connectivity index (χ0) is 20.7. The van der Waals surface area contributed by atoms with Crippen LogP contribution in [-0.4, -0.2) is 30.9 Å². The van der Waals surface area contributed by atoms with Crippen molar-refractivity contribution in [2.45, 2.75) is 64.4 Å².